The van der Waals surface area contributed by atoms with Crippen molar-refractivity contribution in [2.45, 2.75) is 30.7 Å². The van der Waals surface area contributed by atoms with E-state index in [9.17, 15) is 18.5 Å². The number of thiazole rings is 1. The van der Waals surface area contributed by atoms with Crippen molar-refractivity contribution in [2.75, 3.05) is 4.72 Å². The molecular formula is C21H20N4O3S2. The molecule has 0 bridgehead atoms. The number of nitrogens with zero attached hydrogens (tertiary/aromatic N) is 2. The van der Waals surface area contributed by atoms with E-state index in [2.05, 4.69) is 21.1 Å². The maximum Gasteiger partial charge on any atom is 0.263 e. The number of carbonyl (C=O) groups excluding carboxylic acids is 1. The van der Waals surface area contributed by atoms with Gasteiger partial charge in [-0.1, -0.05) is 24.3 Å². The Morgan fingerprint density at radius 1 is 1.13 bits per heavy atom. The molecule has 0 aliphatic heterocycles. The van der Waals surface area contributed by atoms with Crippen LogP contribution in [0.3, 0.4) is 0 Å². The zero-order valence-electron chi connectivity index (χ0n) is 16.4. The number of rotatable bonds is 7. The van der Waals surface area contributed by atoms with Crippen LogP contribution in [-0.2, 0) is 22.0 Å². The predicted molar refractivity (Wildman–Crippen MR) is 116 cm³/mol. The Balaban J connectivity index is 1.62. The minimum atomic E-state index is -3.76. The molecule has 7 nitrogen and oxygen atoms in total. The Labute approximate surface area is 179 Å². The standard InChI is InChI=1S/C21H20N4O3S2/c1-21(2,14-22)17-7-3-15(4-8-17)13-24-19(26)16-5-9-18(10-6-16)30(27,28)25-20-23-11-12-29-20/h3-12H,13H2,1-2H3,(H,23,25)(H,24,26). The monoisotopic (exact) mass is 440 g/mol. The van der Waals surface area contributed by atoms with Gasteiger partial charge in [-0.3, -0.25) is 9.52 Å². The average molecular weight is 441 g/mol. The largest absolute Gasteiger partial charge is 0.348 e. The molecule has 2 N–H and O–H groups in total. The van der Waals surface area contributed by atoms with Crippen molar-refractivity contribution in [3.8, 4) is 6.07 Å². The van der Waals surface area contributed by atoms with Crippen LogP contribution in [0.5, 0.6) is 0 Å². The molecule has 0 spiro atoms. The first-order valence-corrected chi connectivity index (χ1v) is 11.4. The van der Waals surface area contributed by atoms with Crippen LogP contribution >= 0.6 is 11.3 Å². The summed E-state index contributed by atoms with van der Waals surface area (Å²) in [5.74, 6) is -0.312. The summed E-state index contributed by atoms with van der Waals surface area (Å²) in [6.45, 7) is 4.01. The molecule has 154 valence electrons. The summed E-state index contributed by atoms with van der Waals surface area (Å²) in [5.41, 5.74) is 1.58. The van der Waals surface area contributed by atoms with Crippen molar-refractivity contribution in [1.29, 1.82) is 5.26 Å². The Morgan fingerprint density at radius 2 is 1.80 bits per heavy atom. The Kier molecular flexibility index (Phi) is 6.20. The highest BCUT2D eigenvalue weighted by Crippen LogP contribution is 2.22. The van der Waals surface area contributed by atoms with E-state index in [1.54, 1.807) is 5.38 Å². The van der Waals surface area contributed by atoms with Crippen LogP contribution < -0.4 is 10.0 Å². The highest BCUT2D eigenvalue weighted by molar-refractivity contribution is 7.93. The molecule has 1 amide bonds. The Morgan fingerprint density at radius 3 is 2.37 bits per heavy atom. The molecule has 30 heavy (non-hydrogen) atoms. The summed E-state index contributed by atoms with van der Waals surface area (Å²) < 4.78 is 27.1. The van der Waals surface area contributed by atoms with Crippen LogP contribution in [0.4, 0.5) is 5.13 Å². The second kappa shape index (κ2) is 8.65. The van der Waals surface area contributed by atoms with Gasteiger partial charge in [-0.05, 0) is 49.2 Å². The number of nitrogens with one attached hydrogen (secondary N) is 2. The number of anilines is 1. The highest BCUT2D eigenvalue weighted by atomic mass is 32.2. The molecule has 1 aromatic heterocycles. The topological polar surface area (TPSA) is 112 Å². The number of nitriles is 1. The van der Waals surface area contributed by atoms with Gasteiger partial charge in [0.05, 0.1) is 16.4 Å². The van der Waals surface area contributed by atoms with Gasteiger partial charge >= 0.3 is 0 Å². The average Bonchev–Trinajstić information content (AvgIpc) is 3.24. The van der Waals surface area contributed by atoms with Crippen molar-refractivity contribution in [3.05, 3.63) is 76.8 Å². The third kappa shape index (κ3) is 5.03. The van der Waals surface area contributed by atoms with Gasteiger partial charge < -0.3 is 5.32 Å². The lowest BCUT2D eigenvalue weighted by Crippen LogP contribution is -2.23. The number of hydrogen-bond acceptors (Lipinski definition) is 6. The summed E-state index contributed by atoms with van der Waals surface area (Å²) >= 11 is 1.18. The van der Waals surface area contributed by atoms with Gasteiger partial charge in [0.1, 0.15) is 0 Å². The van der Waals surface area contributed by atoms with Crippen LogP contribution in [-0.4, -0.2) is 19.3 Å². The van der Waals surface area contributed by atoms with E-state index >= 15 is 0 Å². The summed E-state index contributed by atoms with van der Waals surface area (Å²) in [6, 6.07) is 15.4. The molecule has 1 heterocycles. The maximum atomic E-state index is 12.4. The molecule has 0 aliphatic carbocycles. The quantitative estimate of drug-likeness (QED) is 0.582. The van der Waals surface area contributed by atoms with E-state index in [-0.39, 0.29) is 15.9 Å². The van der Waals surface area contributed by atoms with Crippen molar-refractivity contribution >= 4 is 32.4 Å². The number of amides is 1. The molecule has 0 fully saturated rings. The van der Waals surface area contributed by atoms with Gasteiger partial charge in [0.2, 0.25) is 0 Å². The molecule has 0 atom stereocenters. The third-order valence-corrected chi connectivity index (χ3v) is 6.66. The van der Waals surface area contributed by atoms with Crippen molar-refractivity contribution in [3.63, 3.8) is 0 Å². The number of aromatic nitrogens is 1. The molecule has 2 aromatic carbocycles. The van der Waals surface area contributed by atoms with E-state index in [1.807, 2.05) is 38.1 Å². The predicted octanol–water partition coefficient (Wildman–Crippen LogP) is 3.68. The van der Waals surface area contributed by atoms with Gasteiger partial charge in [0.15, 0.2) is 5.13 Å². The van der Waals surface area contributed by atoms with Crippen LogP contribution in [0, 0.1) is 11.3 Å². The molecule has 3 aromatic rings. The van der Waals surface area contributed by atoms with Crippen molar-refractivity contribution in [1.82, 2.24) is 10.3 Å². The maximum absolute atomic E-state index is 12.4. The van der Waals surface area contributed by atoms with Crippen LogP contribution in [0.25, 0.3) is 0 Å². The Hall–Kier alpha value is -3.22. The second-order valence-electron chi connectivity index (χ2n) is 7.08. The first kappa shape index (κ1) is 21.5. The Bertz CT molecular complexity index is 1160. The number of benzene rings is 2. The first-order valence-electron chi connectivity index (χ1n) is 9.02. The fraction of sp³-hybridized carbons (Fsp3) is 0.190. The minimum absolute atomic E-state index is 0.0462. The fourth-order valence-corrected chi connectivity index (χ4v) is 4.41. The van der Waals surface area contributed by atoms with E-state index in [0.717, 1.165) is 11.1 Å². The van der Waals surface area contributed by atoms with Crippen LogP contribution in [0.1, 0.15) is 35.3 Å². The zero-order chi connectivity index (χ0) is 21.8. The van der Waals surface area contributed by atoms with E-state index < -0.39 is 15.4 Å². The van der Waals surface area contributed by atoms with E-state index in [4.69, 9.17) is 0 Å². The van der Waals surface area contributed by atoms with Gasteiger partial charge in [-0.25, -0.2) is 13.4 Å². The number of sulfonamides is 1. The molecule has 3 rings (SSSR count). The molecule has 0 unspecified atom stereocenters. The SMILES string of the molecule is CC(C)(C#N)c1ccc(CNC(=O)c2ccc(S(=O)(=O)Nc3nccs3)cc2)cc1. The molecule has 0 saturated heterocycles. The zero-order valence-corrected chi connectivity index (χ0v) is 18.0. The first-order chi connectivity index (χ1) is 14.2. The highest BCUT2D eigenvalue weighted by Gasteiger charge is 2.19. The fourth-order valence-electron chi connectivity index (χ4n) is 2.62. The normalized spacial score (nSPS) is 11.5. The summed E-state index contributed by atoms with van der Waals surface area (Å²) in [4.78, 5) is 16.3. The molecule has 0 aliphatic rings. The van der Waals surface area contributed by atoms with E-state index in [1.165, 1.54) is 41.8 Å². The van der Waals surface area contributed by atoms with Crippen molar-refractivity contribution in [2.24, 2.45) is 0 Å². The van der Waals surface area contributed by atoms with Gasteiger partial charge in [0.25, 0.3) is 15.9 Å². The van der Waals surface area contributed by atoms with Crippen LogP contribution in [0.15, 0.2) is 65.0 Å². The molecule has 0 radical (unpaired) electrons. The number of hydrogen-bond donors (Lipinski definition) is 2. The second-order valence-corrected chi connectivity index (χ2v) is 9.66. The lowest BCUT2D eigenvalue weighted by molar-refractivity contribution is 0.0951. The van der Waals surface area contributed by atoms with Gasteiger partial charge in [0, 0.05) is 23.7 Å². The molecule has 9 heteroatoms. The third-order valence-electron chi connectivity index (χ3n) is 4.49. The van der Waals surface area contributed by atoms with E-state index in [0.29, 0.717) is 12.1 Å². The smallest absolute Gasteiger partial charge is 0.263 e. The van der Waals surface area contributed by atoms with Crippen LogP contribution in [0.2, 0.25) is 0 Å². The minimum Gasteiger partial charge on any atom is -0.348 e. The van der Waals surface area contributed by atoms with Gasteiger partial charge in [-0.15, -0.1) is 11.3 Å². The van der Waals surface area contributed by atoms with Gasteiger partial charge in [-0.2, -0.15) is 5.26 Å². The lowest BCUT2D eigenvalue weighted by atomic mass is 9.86. The molecule has 0 saturated carbocycles. The van der Waals surface area contributed by atoms with Crippen molar-refractivity contribution < 1.29 is 13.2 Å². The summed E-state index contributed by atoms with van der Waals surface area (Å²) in [5, 5.41) is 14.0. The lowest BCUT2D eigenvalue weighted by Gasteiger charge is -2.16. The number of carbonyl (C=O) groups is 1. The molecular weight excluding hydrogens is 420 g/mol. The summed E-state index contributed by atoms with van der Waals surface area (Å²) in [7, 11) is -3.76. The summed E-state index contributed by atoms with van der Waals surface area (Å²) in [6.07, 6.45) is 1.51.